The van der Waals surface area contributed by atoms with E-state index in [0.29, 0.717) is 0 Å². The third kappa shape index (κ3) is 2.79. The summed E-state index contributed by atoms with van der Waals surface area (Å²) < 4.78 is 0. The lowest BCUT2D eigenvalue weighted by molar-refractivity contribution is 0.900. The summed E-state index contributed by atoms with van der Waals surface area (Å²) in [6.07, 6.45) is 5.44. The summed E-state index contributed by atoms with van der Waals surface area (Å²) in [4.78, 5) is 4.37. The minimum atomic E-state index is 1.07. The van der Waals surface area contributed by atoms with Gasteiger partial charge in [0.2, 0.25) is 0 Å². The zero-order chi connectivity index (χ0) is 13.0. The van der Waals surface area contributed by atoms with Crippen LogP contribution in [0.1, 0.15) is 37.1 Å². The number of rotatable bonds is 4. The van der Waals surface area contributed by atoms with Gasteiger partial charge in [0.1, 0.15) is 0 Å². The molecule has 1 aromatic carbocycles. The molecule has 0 spiro atoms. The van der Waals surface area contributed by atoms with Gasteiger partial charge < -0.3 is 0 Å². The normalized spacial score (nSPS) is 10.6. The van der Waals surface area contributed by atoms with Crippen molar-refractivity contribution in [1.82, 2.24) is 4.98 Å². The smallest absolute Gasteiger partial charge is 0.0373 e. The van der Waals surface area contributed by atoms with Crippen LogP contribution in [0.3, 0.4) is 0 Å². The van der Waals surface area contributed by atoms with Crippen molar-refractivity contribution in [3.05, 3.63) is 53.3 Å². The van der Waals surface area contributed by atoms with E-state index in [1.165, 1.54) is 35.1 Å². The number of nitrogens with zero attached hydrogens (tertiary/aromatic N) is 1. The lowest BCUT2D eigenvalue weighted by atomic mass is 9.96. The van der Waals surface area contributed by atoms with E-state index in [0.717, 1.165) is 12.1 Å². The van der Waals surface area contributed by atoms with E-state index in [1.54, 1.807) is 0 Å². The lowest BCUT2D eigenvalue weighted by Gasteiger charge is -2.10. The van der Waals surface area contributed by atoms with Gasteiger partial charge in [0, 0.05) is 17.5 Å². The van der Waals surface area contributed by atoms with E-state index in [2.05, 4.69) is 49.2 Å². The summed E-state index contributed by atoms with van der Waals surface area (Å²) in [5, 5.41) is 0. The van der Waals surface area contributed by atoms with E-state index < -0.39 is 0 Å². The Morgan fingerprint density at radius 2 is 1.72 bits per heavy atom. The molecule has 0 saturated heterocycles. The maximum absolute atomic E-state index is 4.37. The van der Waals surface area contributed by atoms with Gasteiger partial charge >= 0.3 is 0 Å². The summed E-state index contributed by atoms with van der Waals surface area (Å²) in [5.74, 6) is 0. The van der Waals surface area contributed by atoms with E-state index in [1.807, 2.05) is 13.1 Å². The molecule has 1 heterocycles. The summed E-state index contributed by atoms with van der Waals surface area (Å²) >= 11 is 0. The number of hydrogen-bond donors (Lipinski definition) is 0. The predicted molar refractivity (Wildman–Crippen MR) is 77.8 cm³/mol. The van der Waals surface area contributed by atoms with Crippen LogP contribution < -0.4 is 0 Å². The van der Waals surface area contributed by atoms with Crippen LogP contribution in [0.15, 0.2) is 36.5 Å². The van der Waals surface area contributed by atoms with Crippen LogP contribution in [0.4, 0.5) is 0 Å². The van der Waals surface area contributed by atoms with E-state index >= 15 is 0 Å². The van der Waals surface area contributed by atoms with Crippen LogP contribution in [-0.2, 0) is 12.8 Å². The second-order valence-corrected chi connectivity index (χ2v) is 4.78. The molecule has 0 fully saturated rings. The first-order chi connectivity index (χ1) is 8.74. The van der Waals surface area contributed by atoms with Crippen LogP contribution in [-0.4, -0.2) is 4.98 Å². The Kier molecular flexibility index (Phi) is 4.14. The van der Waals surface area contributed by atoms with E-state index in [-0.39, 0.29) is 0 Å². The van der Waals surface area contributed by atoms with Crippen LogP contribution in [0.2, 0.25) is 0 Å². The summed E-state index contributed by atoms with van der Waals surface area (Å²) in [5.41, 5.74) is 6.51. The highest BCUT2D eigenvalue weighted by Crippen LogP contribution is 2.23. The van der Waals surface area contributed by atoms with Crippen LogP contribution in [0.5, 0.6) is 0 Å². The fourth-order valence-corrected chi connectivity index (χ4v) is 2.29. The van der Waals surface area contributed by atoms with E-state index in [4.69, 9.17) is 0 Å². The predicted octanol–water partition coefficient (Wildman–Crippen LogP) is 4.57. The Hall–Kier alpha value is -1.63. The van der Waals surface area contributed by atoms with Gasteiger partial charge in [-0.2, -0.15) is 0 Å². The standard InChI is InChI=1S/C17H21N/c1-4-6-15-9-10-16(11-14(15)5-2)17-8-7-13(3)18-12-17/h7-12H,4-6H2,1-3H3. The number of benzene rings is 1. The van der Waals surface area contributed by atoms with Crippen molar-refractivity contribution in [2.24, 2.45) is 0 Å². The quantitative estimate of drug-likeness (QED) is 0.761. The largest absolute Gasteiger partial charge is 0.261 e. The van der Waals surface area contributed by atoms with Crippen molar-refractivity contribution in [3.63, 3.8) is 0 Å². The van der Waals surface area contributed by atoms with Crippen LogP contribution in [0.25, 0.3) is 11.1 Å². The van der Waals surface area contributed by atoms with Gasteiger partial charge in [-0.1, -0.05) is 44.5 Å². The Bertz CT molecular complexity index is 512. The fraction of sp³-hybridized carbons (Fsp3) is 0.353. The molecule has 0 bridgehead atoms. The third-order valence-electron chi connectivity index (χ3n) is 3.35. The molecule has 18 heavy (non-hydrogen) atoms. The van der Waals surface area contributed by atoms with Gasteiger partial charge in [-0.25, -0.2) is 0 Å². The Morgan fingerprint density at radius 1 is 0.944 bits per heavy atom. The van der Waals surface area contributed by atoms with Gasteiger partial charge in [0.25, 0.3) is 0 Å². The Labute approximate surface area is 110 Å². The molecular formula is C17H21N. The summed E-state index contributed by atoms with van der Waals surface area (Å²) in [7, 11) is 0. The van der Waals surface area contributed by atoms with Crippen molar-refractivity contribution in [3.8, 4) is 11.1 Å². The lowest BCUT2D eigenvalue weighted by Crippen LogP contribution is -1.93. The molecule has 0 unspecified atom stereocenters. The molecule has 0 aliphatic heterocycles. The van der Waals surface area contributed by atoms with Crippen molar-refractivity contribution in [1.29, 1.82) is 0 Å². The van der Waals surface area contributed by atoms with Gasteiger partial charge in [0.15, 0.2) is 0 Å². The molecule has 1 nitrogen and oxygen atoms in total. The molecular weight excluding hydrogens is 218 g/mol. The van der Waals surface area contributed by atoms with Gasteiger partial charge in [-0.3, -0.25) is 4.98 Å². The van der Waals surface area contributed by atoms with Crippen molar-refractivity contribution in [2.75, 3.05) is 0 Å². The molecule has 2 aromatic rings. The maximum Gasteiger partial charge on any atom is 0.0373 e. The molecule has 1 aromatic heterocycles. The minimum absolute atomic E-state index is 1.07. The molecule has 1 heteroatoms. The monoisotopic (exact) mass is 239 g/mol. The third-order valence-corrected chi connectivity index (χ3v) is 3.35. The molecule has 0 aliphatic rings. The molecule has 0 saturated carbocycles. The SMILES string of the molecule is CCCc1ccc(-c2ccc(C)nc2)cc1CC. The van der Waals surface area contributed by atoms with Crippen LogP contribution in [0, 0.1) is 6.92 Å². The molecule has 0 atom stereocenters. The van der Waals surface area contributed by atoms with E-state index in [9.17, 15) is 0 Å². The highest BCUT2D eigenvalue weighted by atomic mass is 14.7. The van der Waals surface area contributed by atoms with Crippen molar-refractivity contribution < 1.29 is 0 Å². The van der Waals surface area contributed by atoms with Gasteiger partial charge in [-0.05, 0) is 42.5 Å². The minimum Gasteiger partial charge on any atom is -0.261 e. The first-order valence-electron chi connectivity index (χ1n) is 6.79. The van der Waals surface area contributed by atoms with Crippen LogP contribution >= 0.6 is 0 Å². The molecule has 0 N–H and O–H groups in total. The Morgan fingerprint density at radius 3 is 2.33 bits per heavy atom. The highest BCUT2D eigenvalue weighted by molar-refractivity contribution is 5.64. The van der Waals surface area contributed by atoms with Crippen molar-refractivity contribution in [2.45, 2.75) is 40.0 Å². The number of hydrogen-bond acceptors (Lipinski definition) is 1. The van der Waals surface area contributed by atoms with Gasteiger partial charge in [-0.15, -0.1) is 0 Å². The average Bonchev–Trinajstić information content (AvgIpc) is 2.40. The fourth-order valence-electron chi connectivity index (χ4n) is 2.29. The average molecular weight is 239 g/mol. The topological polar surface area (TPSA) is 12.9 Å². The second-order valence-electron chi connectivity index (χ2n) is 4.78. The summed E-state index contributed by atoms with van der Waals surface area (Å²) in [6.45, 7) is 6.48. The maximum atomic E-state index is 4.37. The molecule has 0 amide bonds. The molecule has 0 radical (unpaired) electrons. The first kappa shape index (κ1) is 12.8. The zero-order valence-corrected chi connectivity index (χ0v) is 11.5. The van der Waals surface area contributed by atoms with Gasteiger partial charge in [0.05, 0.1) is 0 Å². The van der Waals surface area contributed by atoms with Crippen molar-refractivity contribution >= 4 is 0 Å². The number of aryl methyl sites for hydroxylation is 3. The molecule has 94 valence electrons. The first-order valence-corrected chi connectivity index (χ1v) is 6.79. The Balaban J connectivity index is 2.37. The second kappa shape index (κ2) is 5.81. The number of pyridine rings is 1. The zero-order valence-electron chi connectivity index (χ0n) is 11.5. The summed E-state index contributed by atoms with van der Waals surface area (Å²) in [6, 6.07) is 11.0. The molecule has 0 aliphatic carbocycles. The molecule has 2 rings (SSSR count). The number of aromatic nitrogens is 1. The highest BCUT2D eigenvalue weighted by Gasteiger charge is 2.04.